The van der Waals surface area contributed by atoms with E-state index >= 15 is 0 Å². The zero-order chi connectivity index (χ0) is 18.2. The normalized spacial score (nSPS) is 20.2. The summed E-state index contributed by atoms with van der Waals surface area (Å²) in [6.07, 6.45) is 12.9. The van der Waals surface area contributed by atoms with Gasteiger partial charge in [0.2, 0.25) is 5.91 Å². The van der Waals surface area contributed by atoms with Crippen molar-refractivity contribution in [1.29, 1.82) is 0 Å². The van der Waals surface area contributed by atoms with Crippen LogP contribution in [-0.4, -0.2) is 17.4 Å². The van der Waals surface area contributed by atoms with Crippen LogP contribution in [0.4, 0.5) is 0 Å². The molecule has 0 unspecified atom stereocenters. The minimum Gasteiger partial charge on any atom is -0.472 e. The highest BCUT2D eigenvalue weighted by atomic mass is 32.1. The molecular weight excluding hydrogens is 342 g/mol. The number of amides is 1. The van der Waals surface area contributed by atoms with Crippen LogP contribution >= 0.6 is 11.3 Å². The Morgan fingerprint density at radius 2 is 2.12 bits per heavy atom. The van der Waals surface area contributed by atoms with E-state index < -0.39 is 0 Å². The molecule has 0 aliphatic heterocycles. The number of unbranched alkanes of at least 4 members (excludes halogenated alkanes) is 1. The molecule has 4 heteroatoms. The second kappa shape index (κ2) is 9.96. The Morgan fingerprint density at radius 1 is 1.27 bits per heavy atom. The van der Waals surface area contributed by atoms with Gasteiger partial charge in [0.05, 0.1) is 12.5 Å². The third-order valence-corrected chi connectivity index (χ3v) is 6.57. The first-order chi connectivity index (χ1) is 12.8. The van der Waals surface area contributed by atoms with Crippen molar-refractivity contribution in [2.75, 3.05) is 6.54 Å². The standard InChI is InChI=1S/C22H31NO2S/c1-2-3-5-18-7-9-20(10-8-18)22(24)23(16-19-12-14-25-17-19)13-11-21-6-4-15-26-21/h4,6,12,14-15,17-18,20H,2-3,5,7-11,13,16H2,1H3. The first kappa shape index (κ1) is 19.2. The number of thiophene rings is 1. The molecule has 0 spiro atoms. The Balaban J connectivity index is 1.57. The van der Waals surface area contributed by atoms with Crippen LogP contribution in [-0.2, 0) is 17.8 Å². The molecule has 1 saturated carbocycles. The van der Waals surface area contributed by atoms with Gasteiger partial charge < -0.3 is 9.32 Å². The molecule has 2 aromatic rings. The first-order valence-corrected chi connectivity index (χ1v) is 11.0. The summed E-state index contributed by atoms with van der Waals surface area (Å²) in [5.41, 5.74) is 1.08. The molecule has 1 aliphatic carbocycles. The SMILES string of the molecule is CCCCC1CCC(C(=O)N(CCc2cccs2)Cc2ccoc2)CC1. The molecule has 0 N–H and O–H groups in total. The van der Waals surface area contributed by atoms with E-state index in [1.807, 2.05) is 6.07 Å². The predicted molar refractivity (Wildman–Crippen MR) is 107 cm³/mol. The second-order valence-corrected chi connectivity index (χ2v) is 8.61. The smallest absolute Gasteiger partial charge is 0.225 e. The number of furan rings is 1. The van der Waals surface area contributed by atoms with Crippen molar-refractivity contribution in [2.45, 2.75) is 64.8 Å². The van der Waals surface area contributed by atoms with Crippen LogP contribution in [0.25, 0.3) is 0 Å². The fraction of sp³-hybridized carbons (Fsp3) is 0.591. The van der Waals surface area contributed by atoms with Crippen molar-refractivity contribution in [3.63, 3.8) is 0 Å². The van der Waals surface area contributed by atoms with Crippen LogP contribution in [0.3, 0.4) is 0 Å². The van der Waals surface area contributed by atoms with Crippen molar-refractivity contribution < 1.29 is 9.21 Å². The van der Waals surface area contributed by atoms with Gasteiger partial charge in [0, 0.05) is 29.4 Å². The van der Waals surface area contributed by atoms with Gasteiger partial charge in [-0.05, 0) is 55.5 Å². The van der Waals surface area contributed by atoms with Crippen LogP contribution in [0.1, 0.15) is 62.3 Å². The maximum absolute atomic E-state index is 13.2. The summed E-state index contributed by atoms with van der Waals surface area (Å²) in [5, 5.41) is 2.11. The van der Waals surface area contributed by atoms with Gasteiger partial charge in [-0.3, -0.25) is 4.79 Å². The highest BCUT2D eigenvalue weighted by Crippen LogP contribution is 2.33. The van der Waals surface area contributed by atoms with E-state index in [1.165, 1.54) is 37.0 Å². The molecule has 142 valence electrons. The van der Waals surface area contributed by atoms with Gasteiger partial charge >= 0.3 is 0 Å². The van der Waals surface area contributed by atoms with Crippen LogP contribution in [0.5, 0.6) is 0 Å². The van der Waals surface area contributed by atoms with Gasteiger partial charge in [-0.1, -0.05) is 32.3 Å². The number of hydrogen-bond acceptors (Lipinski definition) is 3. The summed E-state index contributed by atoms with van der Waals surface area (Å²) in [4.78, 5) is 16.6. The third kappa shape index (κ3) is 5.47. The van der Waals surface area contributed by atoms with Crippen molar-refractivity contribution in [2.24, 2.45) is 11.8 Å². The lowest BCUT2D eigenvalue weighted by molar-refractivity contribution is -0.137. The summed E-state index contributed by atoms with van der Waals surface area (Å²) < 4.78 is 5.21. The molecule has 0 saturated heterocycles. The van der Waals surface area contributed by atoms with Crippen LogP contribution in [0.2, 0.25) is 0 Å². The molecule has 2 heterocycles. The van der Waals surface area contributed by atoms with Gasteiger partial charge in [0.15, 0.2) is 0 Å². The largest absolute Gasteiger partial charge is 0.472 e. The molecule has 0 atom stereocenters. The summed E-state index contributed by atoms with van der Waals surface area (Å²) in [5.74, 6) is 1.40. The van der Waals surface area contributed by atoms with E-state index in [9.17, 15) is 4.79 Å². The topological polar surface area (TPSA) is 33.5 Å². The predicted octanol–water partition coefficient (Wildman–Crippen LogP) is 5.91. The molecule has 3 nitrogen and oxygen atoms in total. The maximum Gasteiger partial charge on any atom is 0.225 e. The van der Waals surface area contributed by atoms with E-state index in [2.05, 4.69) is 29.3 Å². The maximum atomic E-state index is 13.2. The Morgan fingerprint density at radius 3 is 2.77 bits per heavy atom. The van der Waals surface area contributed by atoms with E-state index in [1.54, 1.807) is 23.9 Å². The lowest BCUT2D eigenvalue weighted by Crippen LogP contribution is -2.38. The Labute approximate surface area is 161 Å². The summed E-state index contributed by atoms with van der Waals surface area (Å²) >= 11 is 1.77. The number of hydrogen-bond donors (Lipinski definition) is 0. The Hall–Kier alpha value is -1.55. The molecule has 1 amide bonds. The zero-order valence-electron chi connectivity index (χ0n) is 15.9. The molecular formula is C22H31NO2S. The fourth-order valence-electron chi connectivity index (χ4n) is 4.02. The van der Waals surface area contributed by atoms with E-state index in [0.29, 0.717) is 12.5 Å². The monoisotopic (exact) mass is 373 g/mol. The van der Waals surface area contributed by atoms with Crippen molar-refractivity contribution in [1.82, 2.24) is 4.90 Å². The number of carbonyl (C=O) groups is 1. The molecule has 0 aromatic carbocycles. The molecule has 26 heavy (non-hydrogen) atoms. The van der Waals surface area contributed by atoms with E-state index in [0.717, 1.165) is 37.3 Å². The molecule has 2 aromatic heterocycles. The number of nitrogens with zero attached hydrogens (tertiary/aromatic N) is 1. The Kier molecular flexibility index (Phi) is 7.36. The van der Waals surface area contributed by atoms with Gasteiger partial charge in [0.1, 0.15) is 0 Å². The minimum atomic E-state index is 0.211. The van der Waals surface area contributed by atoms with Gasteiger partial charge in [-0.2, -0.15) is 0 Å². The molecule has 0 bridgehead atoms. The second-order valence-electron chi connectivity index (χ2n) is 7.58. The number of carbonyl (C=O) groups excluding carboxylic acids is 1. The summed E-state index contributed by atoms with van der Waals surface area (Å²) in [6, 6.07) is 6.21. The van der Waals surface area contributed by atoms with Crippen LogP contribution in [0, 0.1) is 11.8 Å². The van der Waals surface area contributed by atoms with Crippen LogP contribution in [0.15, 0.2) is 40.5 Å². The van der Waals surface area contributed by atoms with Crippen molar-refractivity contribution in [3.05, 3.63) is 46.5 Å². The van der Waals surface area contributed by atoms with E-state index in [4.69, 9.17) is 4.42 Å². The Bertz CT molecular complexity index is 627. The number of rotatable bonds is 9. The van der Waals surface area contributed by atoms with Crippen molar-refractivity contribution in [3.8, 4) is 0 Å². The quantitative estimate of drug-likeness (QED) is 0.547. The average Bonchev–Trinajstić information content (AvgIpc) is 3.37. The molecule has 3 rings (SSSR count). The minimum absolute atomic E-state index is 0.211. The summed E-state index contributed by atoms with van der Waals surface area (Å²) in [6.45, 7) is 3.72. The highest BCUT2D eigenvalue weighted by molar-refractivity contribution is 7.09. The first-order valence-electron chi connectivity index (χ1n) is 10.1. The van der Waals surface area contributed by atoms with Crippen LogP contribution < -0.4 is 0 Å². The van der Waals surface area contributed by atoms with Gasteiger partial charge in [-0.25, -0.2) is 0 Å². The zero-order valence-corrected chi connectivity index (χ0v) is 16.7. The third-order valence-electron chi connectivity index (χ3n) is 5.64. The molecule has 1 aliphatic rings. The van der Waals surface area contributed by atoms with E-state index in [-0.39, 0.29) is 5.92 Å². The lowest BCUT2D eigenvalue weighted by atomic mass is 9.79. The average molecular weight is 374 g/mol. The summed E-state index contributed by atoms with van der Waals surface area (Å²) in [7, 11) is 0. The molecule has 0 radical (unpaired) electrons. The highest BCUT2D eigenvalue weighted by Gasteiger charge is 2.29. The lowest BCUT2D eigenvalue weighted by Gasteiger charge is -2.32. The molecule has 1 fully saturated rings. The van der Waals surface area contributed by atoms with Gasteiger partial charge in [0.25, 0.3) is 0 Å². The van der Waals surface area contributed by atoms with Gasteiger partial charge in [-0.15, -0.1) is 11.3 Å². The van der Waals surface area contributed by atoms with Crippen molar-refractivity contribution >= 4 is 17.2 Å². The fourth-order valence-corrected chi connectivity index (χ4v) is 4.72.